The fourth-order valence-corrected chi connectivity index (χ4v) is 2.93. The van der Waals surface area contributed by atoms with Crippen LogP contribution in [0.3, 0.4) is 0 Å². The Morgan fingerprint density at radius 2 is 1.90 bits per heavy atom. The molecule has 0 saturated heterocycles. The molecular weight excluding hydrogens is 346 g/mol. The van der Waals surface area contributed by atoms with Crippen LogP contribution in [0.15, 0.2) is 9.67 Å². The fourth-order valence-electron chi connectivity index (χ4n) is 0.387. The average molecular weight is 353 g/mol. The van der Waals surface area contributed by atoms with Crippen LogP contribution in [-0.4, -0.2) is 19.7 Å². The first-order valence-corrected chi connectivity index (χ1v) is 17.7. The molecule has 0 rings (SSSR count). The summed E-state index contributed by atoms with van der Waals surface area (Å²) in [6.07, 6.45) is 1.48. The van der Waals surface area contributed by atoms with E-state index in [4.69, 9.17) is 17.8 Å². The Labute approximate surface area is 77.8 Å². The van der Waals surface area contributed by atoms with Crippen LogP contribution >= 0.6 is 30.5 Å². The Morgan fingerprint density at radius 3 is 2.00 bits per heavy atom. The molecule has 0 unspecified atom stereocenters. The van der Waals surface area contributed by atoms with Crippen molar-refractivity contribution in [3.63, 3.8) is 0 Å². The third-order valence-corrected chi connectivity index (χ3v) is 12.0. The SMILES string of the molecule is CC(=O)C=[C](C)[Sn]([Cl])([Cl])[Br]. The van der Waals surface area contributed by atoms with E-state index in [0.717, 1.165) is 3.59 Å². The van der Waals surface area contributed by atoms with Crippen molar-refractivity contribution in [2.45, 2.75) is 13.8 Å². The van der Waals surface area contributed by atoms with Crippen LogP contribution in [0, 0.1) is 0 Å². The zero-order chi connectivity index (χ0) is 8.36. The predicted octanol–water partition coefficient (Wildman–Crippen LogP) is 2.87. The molecule has 0 atom stereocenters. The van der Waals surface area contributed by atoms with Crippen molar-refractivity contribution >= 4 is 50.2 Å². The first-order chi connectivity index (χ1) is 4.34. The topological polar surface area (TPSA) is 17.1 Å². The number of carbonyl (C=O) groups is 1. The third-order valence-electron chi connectivity index (χ3n) is 0.867. The van der Waals surface area contributed by atoms with Crippen molar-refractivity contribution in [2.24, 2.45) is 0 Å². The maximum absolute atomic E-state index is 10.5. The average Bonchev–Trinajstić information content (AvgIpc) is 1.60. The van der Waals surface area contributed by atoms with Gasteiger partial charge in [0.15, 0.2) is 0 Å². The zero-order valence-corrected chi connectivity index (χ0v) is 11.6. The van der Waals surface area contributed by atoms with Gasteiger partial charge in [0.25, 0.3) is 0 Å². The molecule has 0 aromatic rings. The van der Waals surface area contributed by atoms with Crippen LogP contribution in [-0.2, 0) is 4.79 Å². The molecule has 0 aliphatic carbocycles. The molecule has 0 fully saturated rings. The van der Waals surface area contributed by atoms with E-state index in [1.807, 2.05) is 0 Å². The van der Waals surface area contributed by atoms with Crippen molar-refractivity contribution in [3.05, 3.63) is 9.67 Å². The van der Waals surface area contributed by atoms with Gasteiger partial charge < -0.3 is 0 Å². The van der Waals surface area contributed by atoms with Crippen LogP contribution in [0.25, 0.3) is 0 Å². The van der Waals surface area contributed by atoms with Crippen LogP contribution < -0.4 is 0 Å². The predicted molar refractivity (Wildman–Crippen MR) is 50.8 cm³/mol. The summed E-state index contributed by atoms with van der Waals surface area (Å²) in [5, 5.41) is 0. The summed E-state index contributed by atoms with van der Waals surface area (Å²) in [6, 6.07) is 0. The molecule has 0 aromatic carbocycles. The Hall–Kier alpha value is 1.27. The van der Waals surface area contributed by atoms with Crippen LogP contribution in [0.1, 0.15) is 13.8 Å². The minimum absolute atomic E-state index is 0.0145. The molecule has 0 N–H and O–H groups in total. The van der Waals surface area contributed by atoms with E-state index in [0.29, 0.717) is 0 Å². The Bertz CT molecular complexity index is 173. The van der Waals surface area contributed by atoms with Gasteiger partial charge in [0.2, 0.25) is 0 Å². The van der Waals surface area contributed by atoms with Gasteiger partial charge in [-0.1, -0.05) is 0 Å². The second kappa shape index (κ2) is 4.33. The first-order valence-electron chi connectivity index (χ1n) is 2.60. The van der Waals surface area contributed by atoms with Crippen LogP contribution in [0.4, 0.5) is 0 Å². The zero-order valence-electron chi connectivity index (χ0n) is 5.62. The van der Waals surface area contributed by atoms with Crippen molar-refractivity contribution < 1.29 is 4.79 Å². The number of allylic oxidation sites excluding steroid dienone is 2. The fraction of sp³-hybridized carbons (Fsp3) is 0.400. The van der Waals surface area contributed by atoms with Crippen molar-refractivity contribution in [2.75, 3.05) is 0 Å². The summed E-state index contributed by atoms with van der Waals surface area (Å²) in [4.78, 5) is 10.5. The Kier molecular flexibility index (Phi) is 4.88. The van der Waals surface area contributed by atoms with Crippen molar-refractivity contribution in [1.29, 1.82) is 0 Å². The molecule has 0 aromatic heterocycles. The summed E-state index contributed by atoms with van der Waals surface area (Å²) in [6.45, 7) is 3.24. The van der Waals surface area contributed by atoms with Gasteiger partial charge in [-0.3, -0.25) is 0 Å². The molecule has 0 spiro atoms. The Balaban J connectivity index is 4.35. The van der Waals surface area contributed by atoms with Crippen molar-refractivity contribution in [1.82, 2.24) is 0 Å². The first kappa shape index (κ1) is 11.3. The van der Waals surface area contributed by atoms with Gasteiger partial charge in [-0.2, -0.15) is 0 Å². The van der Waals surface area contributed by atoms with E-state index in [1.54, 1.807) is 6.92 Å². The minimum atomic E-state index is -3.10. The van der Waals surface area contributed by atoms with E-state index in [2.05, 4.69) is 12.7 Å². The van der Waals surface area contributed by atoms with E-state index >= 15 is 0 Å². The second-order valence-corrected chi connectivity index (χ2v) is 30.0. The van der Waals surface area contributed by atoms with Crippen molar-refractivity contribution in [3.8, 4) is 0 Å². The number of ketones is 1. The van der Waals surface area contributed by atoms with Crippen LogP contribution in [0.2, 0.25) is 0 Å². The molecule has 0 radical (unpaired) electrons. The molecule has 0 aliphatic rings. The van der Waals surface area contributed by atoms with Crippen LogP contribution in [0.5, 0.6) is 0 Å². The number of carbonyl (C=O) groups excluding carboxylic acids is 1. The summed E-state index contributed by atoms with van der Waals surface area (Å²) in [7, 11) is 11.6. The van der Waals surface area contributed by atoms with Gasteiger partial charge in [0.05, 0.1) is 0 Å². The van der Waals surface area contributed by atoms with Gasteiger partial charge in [0, 0.05) is 0 Å². The van der Waals surface area contributed by atoms with E-state index < -0.39 is 13.9 Å². The van der Waals surface area contributed by atoms with E-state index in [9.17, 15) is 4.79 Å². The third kappa shape index (κ3) is 4.99. The molecule has 10 heavy (non-hydrogen) atoms. The molecule has 0 heterocycles. The molecule has 0 bridgehead atoms. The number of hydrogen-bond acceptors (Lipinski definition) is 1. The number of rotatable bonds is 2. The molecular formula is C5H7BrCl2OSn. The van der Waals surface area contributed by atoms with E-state index in [-0.39, 0.29) is 5.78 Å². The summed E-state index contributed by atoms with van der Waals surface area (Å²) < 4.78 is 0.796. The Morgan fingerprint density at radius 1 is 1.50 bits per heavy atom. The summed E-state index contributed by atoms with van der Waals surface area (Å²) in [5.41, 5.74) is 0. The summed E-state index contributed by atoms with van der Waals surface area (Å²) >= 11 is 0.0940. The molecule has 5 heteroatoms. The van der Waals surface area contributed by atoms with Gasteiger partial charge >= 0.3 is 78.5 Å². The molecule has 1 nitrogen and oxygen atoms in total. The van der Waals surface area contributed by atoms with Gasteiger partial charge in [-0.25, -0.2) is 0 Å². The molecule has 58 valence electrons. The van der Waals surface area contributed by atoms with E-state index in [1.165, 1.54) is 13.0 Å². The quantitative estimate of drug-likeness (QED) is 0.552. The van der Waals surface area contributed by atoms with Gasteiger partial charge in [0.1, 0.15) is 0 Å². The van der Waals surface area contributed by atoms with Gasteiger partial charge in [-0.05, 0) is 0 Å². The number of halogens is 3. The standard InChI is InChI=1S/C5H7O.BrH.2ClH.Sn/c1-3-4-5(2)6;;;;/h4H,1-2H3;3*1H;/q;;;;+3/p-3. The summed E-state index contributed by atoms with van der Waals surface area (Å²) in [5.74, 6) is -0.0145. The molecule has 0 saturated carbocycles. The normalized spacial score (nSPS) is 13.5. The maximum atomic E-state index is 10.5. The molecule has 0 aliphatic heterocycles. The van der Waals surface area contributed by atoms with Gasteiger partial charge in [-0.15, -0.1) is 0 Å². The molecule has 0 amide bonds. The second-order valence-electron chi connectivity index (χ2n) is 1.94. The number of hydrogen-bond donors (Lipinski definition) is 0. The monoisotopic (exact) mass is 352 g/mol.